The lowest BCUT2D eigenvalue weighted by Gasteiger charge is -2.14. The number of aryl methyl sites for hydroxylation is 1. The fourth-order valence-electron chi connectivity index (χ4n) is 2.33. The Balaban J connectivity index is 2.31. The van der Waals surface area contributed by atoms with Gasteiger partial charge in [-0.3, -0.25) is 0 Å². The quantitative estimate of drug-likeness (QED) is 0.838. The lowest BCUT2D eigenvalue weighted by molar-refractivity contribution is 0.538. The minimum atomic E-state index is -0.0752. The molecule has 0 radical (unpaired) electrons. The lowest BCUT2D eigenvalue weighted by Crippen LogP contribution is -2.12. The fraction of sp³-hybridized carbons (Fsp3) is 0.538. The standard InChI is InChI=1S/C13H17ClFN/c1-8-5-12(14)9(2)11(13(8)15)6-10-3-4-16-7-10/h5,10,16H,3-4,6-7H2,1-2H3. The molecule has 1 aliphatic rings. The Morgan fingerprint density at radius 1 is 1.50 bits per heavy atom. The Hall–Kier alpha value is -0.600. The number of halogens is 2. The molecule has 88 valence electrons. The normalized spacial score (nSPS) is 20.4. The topological polar surface area (TPSA) is 12.0 Å². The Labute approximate surface area is 101 Å². The van der Waals surface area contributed by atoms with Crippen LogP contribution in [0.1, 0.15) is 23.1 Å². The smallest absolute Gasteiger partial charge is 0.129 e. The zero-order valence-corrected chi connectivity index (χ0v) is 10.5. The van der Waals surface area contributed by atoms with Crippen LogP contribution in [0.4, 0.5) is 4.39 Å². The first-order chi connectivity index (χ1) is 7.59. The van der Waals surface area contributed by atoms with Crippen LogP contribution in [-0.2, 0) is 6.42 Å². The molecule has 1 fully saturated rings. The molecule has 1 saturated heterocycles. The number of nitrogens with one attached hydrogen (secondary N) is 1. The molecule has 1 aliphatic heterocycles. The van der Waals surface area contributed by atoms with Gasteiger partial charge in [0.2, 0.25) is 0 Å². The molecule has 0 aliphatic carbocycles. The maximum absolute atomic E-state index is 14.0. The average molecular weight is 242 g/mol. The van der Waals surface area contributed by atoms with Crippen molar-refractivity contribution in [1.29, 1.82) is 0 Å². The number of benzene rings is 1. The molecule has 2 rings (SSSR count). The first-order valence-corrected chi connectivity index (χ1v) is 6.12. The van der Waals surface area contributed by atoms with Gasteiger partial charge in [-0.25, -0.2) is 4.39 Å². The van der Waals surface area contributed by atoms with E-state index in [1.54, 1.807) is 13.0 Å². The van der Waals surface area contributed by atoms with Crippen molar-refractivity contribution in [3.05, 3.63) is 33.6 Å². The second-order valence-corrected chi connectivity index (χ2v) is 5.06. The minimum Gasteiger partial charge on any atom is -0.316 e. The summed E-state index contributed by atoms with van der Waals surface area (Å²) in [4.78, 5) is 0. The summed E-state index contributed by atoms with van der Waals surface area (Å²) in [6.07, 6.45) is 1.93. The Morgan fingerprint density at radius 3 is 2.88 bits per heavy atom. The molecule has 16 heavy (non-hydrogen) atoms. The van der Waals surface area contributed by atoms with Crippen LogP contribution in [0.15, 0.2) is 6.07 Å². The van der Waals surface area contributed by atoms with Gasteiger partial charge in [-0.2, -0.15) is 0 Å². The van der Waals surface area contributed by atoms with Gasteiger partial charge in [-0.05, 0) is 68.5 Å². The maximum Gasteiger partial charge on any atom is 0.129 e. The van der Waals surface area contributed by atoms with Gasteiger partial charge in [-0.1, -0.05) is 11.6 Å². The second kappa shape index (κ2) is 4.72. The van der Waals surface area contributed by atoms with E-state index in [4.69, 9.17) is 11.6 Å². The van der Waals surface area contributed by atoms with Gasteiger partial charge in [0, 0.05) is 5.02 Å². The van der Waals surface area contributed by atoms with Gasteiger partial charge < -0.3 is 5.32 Å². The largest absolute Gasteiger partial charge is 0.316 e. The molecule has 1 N–H and O–H groups in total. The Kier molecular flexibility index (Phi) is 3.50. The van der Waals surface area contributed by atoms with Crippen molar-refractivity contribution in [2.24, 2.45) is 5.92 Å². The van der Waals surface area contributed by atoms with Crippen molar-refractivity contribution >= 4 is 11.6 Å². The van der Waals surface area contributed by atoms with Crippen molar-refractivity contribution < 1.29 is 4.39 Å². The van der Waals surface area contributed by atoms with Crippen LogP contribution in [-0.4, -0.2) is 13.1 Å². The number of rotatable bonds is 2. The Morgan fingerprint density at radius 2 is 2.25 bits per heavy atom. The zero-order valence-electron chi connectivity index (χ0n) is 9.74. The third kappa shape index (κ3) is 2.23. The predicted octanol–water partition coefficient (Wildman–Crippen LogP) is 3.25. The summed E-state index contributed by atoms with van der Waals surface area (Å²) in [6.45, 7) is 5.72. The van der Waals surface area contributed by atoms with Crippen molar-refractivity contribution in [3.63, 3.8) is 0 Å². The van der Waals surface area contributed by atoms with E-state index in [1.807, 2.05) is 6.92 Å². The molecule has 3 heteroatoms. The van der Waals surface area contributed by atoms with Gasteiger partial charge in [0.15, 0.2) is 0 Å². The van der Waals surface area contributed by atoms with Crippen molar-refractivity contribution in [2.75, 3.05) is 13.1 Å². The van der Waals surface area contributed by atoms with E-state index >= 15 is 0 Å². The summed E-state index contributed by atoms with van der Waals surface area (Å²) in [5, 5.41) is 3.99. The van der Waals surface area contributed by atoms with E-state index in [0.29, 0.717) is 16.5 Å². The van der Waals surface area contributed by atoms with Crippen molar-refractivity contribution in [3.8, 4) is 0 Å². The van der Waals surface area contributed by atoms with Gasteiger partial charge in [-0.15, -0.1) is 0 Å². The minimum absolute atomic E-state index is 0.0752. The van der Waals surface area contributed by atoms with Crippen LogP contribution in [0.25, 0.3) is 0 Å². The monoisotopic (exact) mass is 241 g/mol. The van der Waals surface area contributed by atoms with Crippen molar-refractivity contribution in [1.82, 2.24) is 5.32 Å². The Bertz CT molecular complexity index is 371. The fourth-order valence-corrected chi connectivity index (χ4v) is 2.61. The van der Waals surface area contributed by atoms with Gasteiger partial charge in [0.1, 0.15) is 5.82 Å². The van der Waals surface area contributed by atoms with E-state index < -0.39 is 0 Å². The van der Waals surface area contributed by atoms with Crippen LogP contribution < -0.4 is 5.32 Å². The molecule has 0 aromatic heterocycles. The number of hydrogen-bond acceptors (Lipinski definition) is 1. The highest BCUT2D eigenvalue weighted by molar-refractivity contribution is 6.31. The van der Waals surface area contributed by atoms with E-state index in [-0.39, 0.29) is 5.82 Å². The van der Waals surface area contributed by atoms with Gasteiger partial charge in [0.25, 0.3) is 0 Å². The maximum atomic E-state index is 14.0. The van der Waals surface area contributed by atoms with E-state index in [9.17, 15) is 4.39 Å². The average Bonchev–Trinajstić information content (AvgIpc) is 2.74. The third-order valence-electron chi connectivity index (χ3n) is 3.42. The van der Waals surface area contributed by atoms with Crippen molar-refractivity contribution in [2.45, 2.75) is 26.7 Å². The molecule has 0 saturated carbocycles. The highest BCUT2D eigenvalue weighted by Crippen LogP contribution is 2.28. The van der Waals surface area contributed by atoms with Crippen LogP contribution in [0.3, 0.4) is 0 Å². The molecular formula is C13H17ClFN. The highest BCUT2D eigenvalue weighted by Gasteiger charge is 2.20. The predicted molar refractivity (Wildman–Crippen MR) is 65.6 cm³/mol. The molecule has 1 nitrogen and oxygen atoms in total. The molecule has 1 heterocycles. The van der Waals surface area contributed by atoms with Crippen LogP contribution >= 0.6 is 11.6 Å². The molecule has 0 amide bonds. The van der Waals surface area contributed by atoms with Gasteiger partial charge in [0.05, 0.1) is 0 Å². The van der Waals surface area contributed by atoms with Crippen LogP contribution in [0.5, 0.6) is 0 Å². The van der Waals surface area contributed by atoms with Crippen LogP contribution in [0.2, 0.25) is 5.02 Å². The molecule has 1 unspecified atom stereocenters. The second-order valence-electron chi connectivity index (χ2n) is 4.66. The summed E-state index contributed by atoms with van der Waals surface area (Å²) in [7, 11) is 0. The van der Waals surface area contributed by atoms with E-state index in [2.05, 4.69) is 5.32 Å². The summed E-state index contributed by atoms with van der Waals surface area (Å²) >= 11 is 6.09. The molecular weight excluding hydrogens is 225 g/mol. The van der Waals surface area contributed by atoms with Crippen LogP contribution in [0, 0.1) is 25.6 Å². The lowest BCUT2D eigenvalue weighted by atomic mass is 9.93. The summed E-state index contributed by atoms with van der Waals surface area (Å²) in [6, 6.07) is 1.71. The SMILES string of the molecule is Cc1cc(Cl)c(C)c(CC2CCNC2)c1F. The molecule has 0 bridgehead atoms. The first kappa shape index (κ1) is 11.9. The number of hydrogen-bond donors (Lipinski definition) is 1. The molecule has 1 aromatic rings. The summed E-state index contributed by atoms with van der Waals surface area (Å²) < 4.78 is 14.0. The third-order valence-corrected chi connectivity index (χ3v) is 3.81. The molecule has 0 spiro atoms. The van der Waals surface area contributed by atoms with E-state index in [0.717, 1.165) is 37.1 Å². The first-order valence-electron chi connectivity index (χ1n) is 5.74. The van der Waals surface area contributed by atoms with E-state index in [1.165, 1.54) is 0 Å². The highest BCUT2D eigenvalue weighted by atomic mass is 35.5. The summed E-state index contributed by atoms with van der Waals surface area (Å²) in [5.41, 5.74) is 2.35. The molecule has 1 aromatic carbocycles. The molecule has 1 atom stereocenters. The zero-order chi connectivity index (χ0) is 11.7. The van der Waals surface area contributed by atoms with Gasteiger partial charge >= 0.3 is 0 Å². The summed E-state index contributed by atoms with van der Waals surface area (Å²) in [5.74, 6) is 0.472.